The molecule has 0 bridgehead atoms. The molecule has 2 heterocycles. The lowest BCUT2D eigenvalue weighted by Gasteiger charge is -2.32. The first-order chi connectivity index (χ1) is 19.3. The van der Waals surface area contributed by atoms with Gasteiger partial charge in [0.25, 0.3) is 0 Å². The summed E-state index contributed by atoms with van der Waals surface area (Å²) in [6.45, 7) is 8.45. The van der Waals surface area contributed by atoms with Crippen molar-refractivity contribution >= 4 is 44.1 Å². The van der Waals surface area contributed by atoms with Gasteiger partial charge in [-0.2, -0.15) is 0 Å². The molecule has 0 aliphatic carbocycles. The third-order valence-corrected chi connectivity index (χ3v) is 9.85. The van der Waals surface area contributed by atoms with Crippen LogP contribution in [-0.2, 0) is 9.31 Å². The van der Waals surface area contributed by atoms with Gasteiger partial charge in [0.05, 0.1) is 11.2 Å². The number of fused-ring (bicyclic) bond motifs is 3. The van der Waals surface area contributed by atoms with E-state index in [1.807, 2.05) is 11.3 Å². The summed E-state index contributed by atoms with van der Waals surface area (Å²) in [6, 6.07) is 41.4. The second-order valence-electron chi connectivity index (χ2n) is 11.6. The summed E-state index contributed by atoms with van der Waals surface area (Å²) >= 11 is 1.84. The van der Waals surface area contributed by atoms with Crippen LogP contribution in [0.5, 0.6) is 0 Å². The Morgan fingerprint density at radius 1 is 0.500 bits per heavy atom. The van der Waals surface area contributed by atoms with Gasteiger partial charge in [0.15, 0.2) is 0 Å². The summed E-state index contributed by atoms with van der Waals surface area (Å²) in [6.07, 6.45) is 0. The predicted octanol–water partition coefficient (Wildman–Crippen LogP) is 9.35. The Labute approximate surface area is 240 Å². The highest BCUT2D eigenvalue weighted by atomic mass is 32.1. The molecule has 1 saturated heterocycles. The Bertz CT molecular complexity index is 1820. The lowest BCUT2D eigenvalue weighted by Crippen LogP contribution is -2.41. The van der Waals surface area contributed by atoms with Crippen LogP contribution in [0.25, 0.3) is 53.6 Å². The van der Waals surface area contributed by atoms with Crippen molar-refractivity contribution in [3.8, 4) is 33.4 Å². The van der Waals surface area contributed by atoms with Gasteiger partial charge in [0, 0.05) is 31.2 Å². The molecule has 4 heteroatoms. The van der Waals surface area contributed by atoms with E-state index in [0.29, 0.717) is 0 Å². The van der Waals surface area contributed by atoms with Gasteiger partial charge >= 0.3 is 7.12 Å². The van der Waals surface area contributed by atoms with Gasteiger partial charge < -0.3 is 9.31 Å². The van der Waals surface area contributed by atoms with Crippen molar-refractivity contribution in [2.75, 3.05) is 0 Å². The molecule has 0 atom stereocenters. The molecule has 7 rings (SSSR count). The maximum atomic E-state index is 6.50. The van der Waals surface area contributed by atoms with Crippen LogP contribution in [0.15, 0.2) is 115 Å². The summed E-state index contributed by atoms with van der Waals surface area (Å²) in [5, 5.41) is 2.51. The average Bonchev–Trinajstić information content (AvgIpc) is 3.46. The highest BCUT2D eigenvalue weighted by Gasteiger charge is 2.52. The highest BCUT2D eigenvalue weighted by molar-refractivity contribution is 7.27. The Hall–Kier alpha value is -3.70. The van der Waals surface area contributed by atoms with E-state index in [9.17, 15) is 0 Å². The maximum absolute atomic E-state index is 6.50. The topological polar surface area (TPSA) is 18.5 Å². The summed E-state index contributed by atoms with van der Waals surface area (Å²) in [5.74, 6) is 0. The molecule has 1 aliphatic heterocycles. The van der Waals surface area contributed by atoms with Gasteiger partial charge in [-0.3, -0.25) is 0 Å². The normalized spacial score (nSPS) is 16.1. The molecule has 0 N–H and O–H groups in total. The minimum atomic E-state index is -0.399. The lowest BCUT2D eigenvalue weighted by molar-refractivity contribution is 0.00578. The van der Waals surface area contributed by atoms with Crippen LogP contribution in [0.1, 0.15) is 27.7 Å². The Morgan fingerprint density at radius 2 is 1.05 bits per heavy atom. The van der Waals surface area contributed by atoms with Crippen LogP contribution in [0, 0.1) is 0 Å². The van der Waals surface area contributed by atoms with E-state index in [1.54, 1.807) is 0 Å². The first-order valence-electron chi connectivity index (χ1n) is 13.9. The zero-order valence-electron chi connectivity index (χ0n) is 23.3. The highest BCUT2D eigenvalue weighted by Crippen LogP contribution is 2.44. The molecule has 40 heavy (non-hydrogen) atoms. The molecule has 6 aromatic rings. The molecule has 1 aliphatic rings. The maximum Gasteiger partial charge on any atom is 0.496 e. The van der Waals surface area contributed by atoms with Crippen molar-refractivity contribution in [1.82, 2.24) is 0 Å². The van der Waals surface area contributed by atoms with E-state index in [0.717, 1.165) is 5.46 Å². The van der Waals surface area contributed by atoms with E-state index >= 15 is 0 Å². The molecular formula is C36H31BO2S. The van der Waals surface area contributed by atoms with Crippen molar-refractivity contribution in [2.24, 2.45) is 0 Å². The van der Waals surface area contributed by atoms with Crippen LogP contribution >= 0.6 is 11.3 Å². The standard InChI is InChI=1S/C36H31BO2S/c1-35(2)36(3,4)39-37(38-35)32-17-11-16-29-31-23-28(25-14-9-6-10-15-25)22-30(33(31)40-34(29)32)27-20-18-26(19-21-27)24-12-7-5-8-13-24/h5-23H,1-4H3. The number of thiophene rings is 1. The minimum Gasteiger partial charge on any atom is -0.399 e. The molecule has 1 aromatic heterocycles. The van der Waals surface area contributed by atoms with Crippen molar-refractivity contribution in [3.05, 3.63) is 115 Å². The van der Waals surface area contributed by atoms with Crippen LogP contribution in [0.2, 0.25) is 0 Å². The number of hydrogen-bond donors (Lipinski definition) is 0. The predicted molar refractivity (Wildman–Crippen MR) is 171 cm³/mol. The van der Waals surface area contributed by atoms with E-state index in [4.69, 9.17) is 9.31 Å². The van der Waals surface area contributed by atoms with Gasteiger partial charge in [0.2, 0.25) is 0 Å². The van der Waals surface area contributed by atoms with Crippen molar-refractivity contribution < 1.29 is 9.31 Å². The van der Waals surface area contributed by atoms with E-state index in [2.05, 4.69) is 143 Å². The second-order valence-corrected chi connectivity index (χ2v) is 12.6. The van der Waals surface area contributed by atoms with Crippen molar-refractivity contribution in [3.63, 3.8) is 0 Å². The Kier molecular flexibility index (Phi) is 5.97. The molecule has 5 aromatic carbocycles. The first kappa shape index (κ1) is 25.3. The number of benzene rings is 5. The average molecular weight is 539 g/mol. The lowest BCUT2D eigenvalue weighted by atomic mass is 9.78. The molecule has 0 saturated carbocycles. The van der Waals surface area contributed by atoms with Crippen LogP contribution in [0.4, 0.5) is 0 Å². The van der Waals surface area contributed by atoms with E-state index in [1.165, 1.54) is 53.6 Å². The van der Waals surface area contributed by atoms with Gasteiger partial charge in [0.1, 0.15) is 0 Å². The van der Waals surface area contributed by atoms with E-state index in [-0.39, 0.29) is 11.2 Å². The van der Waals surface area contributed by atoms with Gasteiger partial charge in [-0.05, 0) is 67.6 Å². The molecule has 0 spiro atoms. The first-order valence-corrected chi connectivity index (χ1v) is 14.7. The quantitative estimate of drug-likeness (QED) is 0.208. The molecule has 1 fully saturated rings. The fourth-order valence-corrected chi connectivity index (χ4v) is 6.90. The molecule has 196 valence electrons. The number of hydrogen-bond acceptors (Lipinski definition) is 3. The van der Waals surface area contributed by atoms with Crippen molar-refractivity contribution in [1.29, 1.82) is 0 Å². The summed E-state index contributed by atoms with van der Waals surface area (Å²) < 4.78 is 15.5. The molecular weight excluding hydrogens is 507 g/mol. The summed E-state index contributed by atoms with van der Waals surface area (Å²) in [5.41, 5.74) is 7.67. The molecule has 0 unspecified atom stereocenters. The molecule has 2 nitrogen and oxygen atoms in total. The second kappa shape index (κ2) is 9.45. The van der Waals surface area contributed by atoms with Crippen LogP contribution in [-0.4, -0.2) is 18.3 Å². The largest absolute Gasteiger partial charge is 0.496 e. The third kappa shape index (κ3) is 4.19. The SMILES string of the molecule is CC1(C)OB(c2cccc3c2sc2c(-c4ccc(-c5ccccc5)cc4)cc(-c4ccccc4)cc23)OC1(C)C. The minimum absolute atomic E-state index is 0.386. The zero-order valence-corrected chi connectivity index (χ0v) is 24.1. The fraction of sp³-hybridized carbons (Fsp3) is 0.167. The van der Waals surface area contributed by atoms with Gasteiger partial charge in [-0.15, -0.1) is 11.3 Å². The number of rotatable bonds is 4. The smallest absolute Gasteiger partial charge is 0.399 e. The summed E-state index contributed by atoms with van der Waals surface area (Å²) in [7, 11) is -0.399. The monoisotopic (exact) mass is 538 g/mol. The van der Waals surface area contributed by atoms with Gasteiger partial charge in [-0.25, -0.2) is 0 Å². The Balaban J connectivity index is 1.43. The van der Waals surface area contributed by atoms with Gasteiger partial charge in [-0.1, -0.05) is 103 Å². The van der Waals surface area contributed by atoms with Crippen LogP contribution in [0.3, 0.4) is 0 Å². The summed E-state index contributed by atoms with van der Waals surface area (Å²) in [4.78, 5) is 0. The fourth-order valence-electron chi connectivity index (χ4n) is 5.56. The zero-order chi connectivity index (χ0) is 27.5. The molecule has 0 radical (unpaired) electrons. The third-order valence-electron chi connectivity index (χ3n) is 8.55. The molecule has 0 amide bonds. The van der Waals surface area contributed by atoms with Crippen molar-refractivity contribution in [2.45, 2.75) is 38.9 Å². The van der Waals surface area contributed by atoms with Crippen LogP contribution < -0.4 is 5.46 Å². The Morgan fingerprint density at radius 3 is 1.68 bits per heavy atom. The van der Waals surface area contributed by atoms with E-state index < -0.39 is 7.12 Å².